The second-order valence-electron chi connectivity index (χ2n) is 8.38. The van der Waals surface area contributed by atoms with Crippen LogP contribution in [0.5, 0.6) is 0 Å². The minimum atomic E-state index is -3.04. The van der Waals surface area contributed by atoms with Crippen LogP contribution in [0.3, 0.4) is 0 Å². The summed E-state index contributed by atoms with van der Waals surface area (Å²) in [4.78, 5) is 27.0. The van der Waals surface area contributed by atoms with Crippen molar-refractivity contribution in [3.63, 3.8) is 0 Å². The van der Waals surface area contributed by atoms with Gasteiger partial charge in [0.15, 0.2) is 9.84 Å². The standard InChI is InChI=1S/C22H32N2O5S/c1-2-29-20(25)22(11-6-9-18-7-4-3-5-8-18)12-14-24(15-13-22)21(26)23-19-10-16-30(27,28)17-19/h3-5,7-8,19H,2,6,9-17H2,1H3,(H,23,26)/t19-/m1/s1. The molecule has 7 nitrogen and oxygen atoms in total. The molecule has 2 saturated heterocycles. The van der Waals surface area contributed by atoms with Gasteiger partial charge in [-0.3, -0.25) is 4.79 Å². The quantitative estimate of drug-likeness (QED) is 0.663. The number of nitrogens with zero attached hydrogens (tertiary/aromatic N) is 1. The summed E-state index contributed by atoms with van der Waals surface area (Å²) >= 11 is 0. The van der Waals surface area contributed by atoms with Gasteiger partial charge in [-0.15, -0.1) is 0 Å². The molecule has 0 aliphatic carbocycles. The third kappa shape index (κ3) is 5.74. The Balaban J connectivity index is 1.55. The van der Waals surface area contributed by atoms with Gasteiger partial charge in [0.25, 0.3) is 0 Å². The van der Waals surface area contributed by atoms with E-state index in [4.69, 9.17) is 4.74 Å². The van der Waals surface area contributed by atoms with E-state index in [9.17, 15) is 18.0 Å². The van der Waals surface area contributed by atoms with E-state index in [0.717, 1.165) is 19.3 Å². The van der Waals surface area contributed by atoms with Crippen LogP contribution >= 0.6 is 0 Å². The summed E-state index contributed by atoms with van der Waals surface area (Å²) in [6, 6.07) is 9.65. The van der Waals surface area contributed by atoms with Crippen molar-refractivity contribution in [2.45, 2.75) is 51.5 Å². The monoisotopic (exact) mass is 436 g/mol. The number of ether oxygens (including phenoxy) is 1. The first-order chi connectivity index (χ1) is 14.3. The van der Waals surface area contributed by atoms with Crippen LogP contribution in [0.4, 0.5) is 4.79 Å². The highest BCUT2D eigenvalue weighted by Gasteiger charge is 2.43. The maximum atomic E-state index is 12.8. The SMILES string of the molecule is CCOC(=O)C1(CCCc2ccccc2)CCN(C(=O)N[C@@H]2CCS(=O)(=O)C2)CC1. The summed E-state index contributed by atoms with van der Waals surface area (Å²) in [5.41, 5.74) is 0.693. The van der Waals surface area contributed by atoms with Crippen molar-refractivity contribution in [3.8, 4) is 0 Å². The summed E-state index contributed by atoms with van der Waals surface area (Å²) in [6.45, 7) is 3.10. The average molecular weight is 437 g/mol. The van der Waals surface area contributed by atoms with Gasteiger partial charge in [0, 0.05) is 19.1 Å². The Hall–Kier alpha value is -2.09. The minimum absolute atomic E-state index is 0.0127. The fourth-order valence-corrected chi connectivity index (χ4v) is 6.10. The van der Waals surface area contributed by atoms with Crippen LogP contribution in [0.15, 0.2) is 30.3 Å². The molecule has 166 valence electrons. The number of hydrogen-bond donors (Lipinski definition) is 1. The molecular weight excluding hydrogens is 404 g/mol. The molecular formula is C22H32N2O5S. The van der Waals surface area contributed by atoms with Crippen molar-refractivity contribution >= 4 is 21.8 Å². The Bertz CT molecular complexity index is 832. The fourth-order valence-electron chi connectivity index (χ4n) is 4.43. The number of urea groups is 1. The molecule has 2 aliphatic heterocycles. The molecule has 1 aromatic rings. The molecule has 0 bridgehead atoms. The lowest BCUT2D eigenvalue weighted by Gasteiger charge is -2.40. The number of likely N-dealkylation sites (tertiary alicyclic amines) is 1. The number of carbonyl (C=O) groups excluding carboxylic acids is 2. The van der Waals surface area contributed by atoms with Crippen LogP contribution in [0.25, 0.3) is 0 Å². The molecule has 2 fully saturated rings. The number of rotatable bonds is 7. The summed E-state index contributed by atoms with van der Waals surface area (Å²) in [5.74, 6) is -0.0236. The molecule has 8 heteroatoms. The number of hydrogen-bond acceptors (Lipinski definition) is 5. The first-order valence-corrected chi connectivity index (χ1v) is 12.6. The molecule has 1 aromatic carbocycles. The topological polar surface area (TPSA) is 92.8 Å². The van der Waals surface area contributed by atoms with Gasteiger partial charge in [-0.05, 0) is 51.0 Å². The molecule has 0 radical (unpaired) electrons. The van der Waals surface area contributed by atoms with Crippen molar-refractivity contribution in [2.24, 2.45) is 5.41 Å². The molecule has 1 atom stereocenters. The second-order valence-corrected chi connectivity index (χ2v) is 10.6. The lowest BCUT2D eigenvalue weighted by Crippen LogP contribution is -2.52. The van der Waals surface area contributed by atoms with Crippen LogP contribution in [-0.4, -0.2) is 62.6 Å². The molecule has 30 heavy (non-hydrogen) atoms. The number of piperidine rings is 1. The number of carbonyl (C=O) groups is 2. The summed E-state index contributed by atoms with van der Waals surface area (Å²) in [5, 5.41) is 2.84. The smallest absolute Gasteiger partial charge is 0.317 e. The number of benzene rings is 1. The normalized spacial score (nSPS) is 22.4. The zero-order valence-electron chi connectivity index (χ0n) is 17.6. The number of esters is 1. The molecule has 0 unspecified atom stereocenters. The third-order valence-corrected chi connectivity index (χ3v) is 8.01. The Morgan fingerprint density at radius 2 is 1.90 bits per heavy atom. The van der Waals surface area contributed by atoms with E-state index in [1.165, 1.54) is 5.56 Å². The van der Waals surface area contributed by atoms with E-state index in [2.05, 4.69) is 17.4 Å². The van der Waals surface area contributed by atoms with Gasteiger partial charge in [0.2, 0.25) is 0 Å². The van der Waals surface area contributed by atoms with Gasteiger partial charge in [-0.2, -0.15) is 0 Å². The number of amides is 2. The first kappa shape index (κ1) is 22.6. The number of sulfone groups is 1. The van der Waals surface area contributed by atoms with Gasteiger partial charge in [-0.25, -0.2) is 13.2 Å². The van der Waals surface area contributed by atoms with Gasteiger partial charge >= 0.3 is 12.0 Å². The predicted molar refractivity (Wildman–Crippen MR) is 115 cm³/mol. The van der Waals surface area contributed by atoms with Crippen molar-refractivity contribution in [1.29, 1.82) is 0 Å². The van der Waals surface area contributed by atoms with Gasteiger partial charge in [0.05, 0.1) is 23.5 Å². The lowest BCUT2D eigenvalue weighted by molar-refractivity contribution is -0.159. The van der Waals surface area contributed by atoms with Gasteiger partial charge in [0.1, 0.15) is 0 Å². The highest BCUT2D eigenvalue weighted by Crippen LogP contribution is 2.38. The second kappa shape index (κ2) is 9.81. The lowest BCUT2D eigenvalue weighted by atomic mass is 9.74. The summed E-state index contributed by atoms with van der Waals surface area (Å²) in [6.07, 6.45) is 4.12. The molecule has 0 saturated carbocycles. The Morgan fingerprint density at radius 1 is 1.20 bits per heavy atom. The maximum absolute atomic E-state index is 12.8. The van der Waals surface area contributed by atoms with Crippen LogP contribution in [-0.2, 0) is 25.8 Å². The first-order valence-electron chi connectivity index (χ1n) is 10.8. The van der Waals surface area contributed by atoms with Crippen molar-refractivity contribution in [1.82, 2.24) is 10.2 Å². The largest absolute Gasteiger partial charge is 0.466 e. The Kier molecular flexibility index (Phi) is 7.39. The van der Waals surface area contributed by atoms with E-state index >= 15 is 0 Å². The van der Waals surface area contributed by atoms with E-state index in [1.807, 2.05) is 25.1 Å². The Labute approximate surface area is 179 Å². The zero-order chi connectivity index (χ0) is 21.6. The fraction of sp³-hybridized carbons (Fsp3) is 0.636. The summed E-state index contributed by atoms with van der Waals surface area (Å²) in [7, 11) is -3.04. The van der Waals surface area contributed by atoms with Crippen molar-refractivity contribution in [3.05, 3.63) is 35.9 Å². The van der Waals surface area contributed by atoms with E-state index in [0.29, 0.717) is 39.0 Å². The van der Waals surface area contributed by atoms with Crippen LogP contribution < -0.4 is 5.32 Å². The molecule has 2 aliphatic rings. The van der Waals surface area contributed by atoms with E-state index < -0.39 is 15.3 Å². The van der Waals surface area contributed by atoms with Crippen LogP contribution in [0, 0.1) is 5.41 Å². The highest BCUT2D eigenvalue weighted by atomic mass is 32.2. The molecule has 2 heterocycles. The maximum Gasteiger partial charge on any atom is 0.317 e. The van der Waals surface area contributed by atoms with Crippen LogP contribution in [0.1, 0.15) is 44.6 Å². The van der Waals surface area contributed by atoms with Gasteiger partial charge in [-0.1, -0.05) is 30.3 Å². The van der Waals surface area contributed by atoms with Crippen molar-refractivity contribution in [2.75, 3.05) is 31.2 Å². The van der Waals surface area contributed by atoms with E-state index in [1.54, 1.807) is 4.90 Å². The molecule has 0 spiro atoms. The van der Waals surface area contributed by atoms with E-state index in [-0.39, 0.29) is 29.5 Å². The number of nitrogens with one attached hydrogen (secondary N) is 1. The van der Waals surface area contributed by atoms with Crippen LogP contribution in [0.2, 0.25) is 0 Å². The summed E-state index contributed by atoms with van der Waals surface area (Å²) < 4.78 is 28.6. The molecule has 0 aromatic heterocycles. The van der Waals surface area contributed by atoms with Gasteiger partial charge < -0.3 is 15.0 Å². The molecule has 1 N–H and O–H groups in total. The highest BCUT2D eigenvalue weighted by molar-refractivity contribution is 7.91. The number of aryl methyl sites for hydroxylation is 1. The zero-order valence-corrected chi connectivity index (χ0v) is 18.5. The Morgan fingerprint density at radius 3 is 2.50 bits per heavy atom. The average Bonchev–Trinajstić information content (AvgIpc) is 3.07. The molecule has 3 rings (SSSR count). The van der Waals surface area contributed by atoms with Crippen molar-refractivity contribution < 1.29 is 22.7 Å². The molecule has 2 amide bonds. The third-order valence-electron chi connectivity index (χ3n) is 6.24. The minimum Gasteiger partial charge on any atom is -0.466 e. The predicted octanol–water partition coefficient (Wildman–Crippen LogP) is 2.55.